The van der Waals surface area contributed by atoms with Crippen molar-refractivity contribution in [1.82, 2.24) is 4.90 Å². The smallest absolute Gasteiger partial charge is 0.255 e. The topological polar surface area (TPSA) is 46.3 Å². The summed E-state index contributed by atoms with van der Waals surface area (Å²) in [7, 11) is 0. The van der Waals surface area contributed by atoms with E-state index in [-0.39, 0.29) is 5.91 Å². The first kappa shape index (κ1) is 13.9. The number of benzene rings is 2. The number of rotatable bonds is 1. The summed E-state index contributed by atoms with van der Waals surface area (Å²) in [5.74, 6) is 0.0637. The van der Waals surface area contributed by atoms with Crippen LogP contribution >= 0.6 is 0 Å². The van der Waals surface area contributed by atoms with Crippen molar-refractivity contribution >= 4 is 22.4 Å². The van der Waals surface area contributed by atoms with E-state index in [9.17, 15) is 4.79 Å². The molecule has 3 heteroatoms. The quantitative estimate of drug-likeness (QED) is 0.811. The number of nitrogens with zero attached hydrogens (tertiary/aromatic N) is 1. The summed E-state index contributed by atoms with van der Waals surface area (Å²) in [6, 6.07) is 11.8. The zero-order chi connectivity index (χ0) is 15.0. The molecule has 0 saturated carbocycles. The van der Waals surface area contributed by atoms with E-state index in [0.717, 1.165) is 36.7 Å². The van der Waals surface area contributed by atoms with Crippen LogP contribution < -0.4 is 5.73 Å². The third-order valence-electron chi connectivity index (χ3n) is 4.55. The normalized spacial score (nSPS) is 17.9. The number of hydrogen-bond donors (Lipinski definition) is 1. The minimum atomic E-state index is 0.0637. The van der Waals surface area contributed by atoms with Gasteiger partial charge in [0, 0.05) is 18.8 Å². The molecule has 0 bridgehead atoms. The molecule has 1 fully saturated rings. The number of anilines is 1. The maximum absolute atomic E-state index is 12.7. The van der Waals surface area contributed by atoms with Crippen LogP contribution in [0.4, 0.5) is 5.69 Å². The van der Waals surface area contributed by atoms with Gasteiger partial charge in [0.1, 0.15) is 0 Å². The first-order valence-corrected chi connectivity index (χ1v) is 7.54. The van der Waals surface area contributed by atoms with Crippen LogP contribution in [0.25, 0.3) is 10.8 Å². The SMILES string of the molecule is CC1(C)CCN(C(=O)c2cc3ccccc3cc2N)CC1. The highest BCUT2D eigenvalue weighted by Crippen LogP contribution is 2.31. The van der Waals surface area contributed by atoms with Gasteiger partial charge in [-0.25, -0.2) is 0 Å². The largest absolute Gasteiger partial charge is 0.398 e. The van der Waals surface area contributed by atoms with Crippen molar-refractivity contribution in [3.8, 4) is 0 Å². The van der Waals surface area contributed by atoms with E-state index in [2.05, 4.69) is 13.8 Å². The highest BCUT2D eigenvalue weighted by Gasteiger charge is 2.29. The standard InChI is InChI=1S/C18H22N2O/c1-18(2)7-9-20(10-8-18)17(21)15-11-13-5-3-4-6-14(13)12-16(15)19/h3-6,11-12H,7-10,19H2,1-2H3. The lowest BCUT2D eigenvalue weighted by molar-refractivity contribution is 0.0631. The Balaban J connectivity index is 1.89. The highest BCUT2D eigenvalue weighted by atomic mass is 16.2. The molecule has 3 nitrogen and oxygen atoms in total. The molecule has 3 rings (SSSR count). The van der Waals surface area contributed by atoms with Crippen molar-refractivity contribution in [3.63, 3.8) is 0 Å². The summed E-state index contributed by atoms with van der Waals surface area (Å²) in [6.07, 6.45) is 2.10. The summed E-state index contributed by atoms with van der Waals surface area (Å²) in [5.41, 5.74) is 7.64. The molecule has 0 aromatic heterocycles. The van der Waals surface area contributed by atoms with Crippen LogP contribution in [-0.4, -0.2) is 23.9 Å². The number of piperidine rings is 1. The predicted molar refractivity (Wildman–Crippen MR) is 87.3 cm³/mol. The average Bonchev–Trinajstić information content (AvgIpc) is 2.46. The minimum absolute atomic E-state index is 0.0637. The first-order chi connectivity index (χ1) is 9.96. The molecule has 110 valence electrons. The number of carbonyl (C=O) groups excluding carboxylic acids is 1. The lowest BCUT2D eigenvalue weighted by Crippen LogP contribution is -2.41. The zero-order valence-electron chi connectivity index (χ0n) is 12.7. The lowest BCUT2D eigenvalue weighted by Gasteiger charge is -2.37. The third kappa shape index (κ3) is 2.73. The molecular formula is C18H22N2O. The molecule has 0 atom stereocenters. The van der Waals surface area contributed by atoms with E-state index < -0.39 is 0 Å². The van der Waals surface area contributed by atoms with Crippen molar-refractivity contribution in [2.45, 2.75) is 26.7 Å². The summed E-state index contributed by atoms with van der Waals surface area (Å²) in [4.78, 5) is 14.7. The highest BCUT2D eigenvalue weighted by molar-refractivity contribution is 6.03. The van der Waals surface area contributed by atoms with Crippen LogP contribution in [0.15, 0.2) is 36.4 Å². The first-order valence-electron chi connectivity index (χ1n) is 7.54. The maximum atomic E-state index is 12.7. The molecule has 0 aliphatic carbocycles. The van der Waals surface area contributed by atoms with E-state index in [1.807, 2.05) is 41.3 Å². The van der Waals surface area contributed by atoms with Crippen LogP contribution in [0, 0.1) is 5.41 Å². The fraction of sp³-hybridized carbons (Fsp3) is 0.389. The molecule has 1 amide bonds. The average molecular weight is 282 g/mol. The van der Waals surface area contributed by atoms with Crippen LogP contribution in [0.2, 0.25) is 0 Å². The van der Waals surface area contributed by atoms with Crippen LogP contribution in [0.3, 0.4) is 0 Å². The number of fused-ring (bicyclic) bond motifs is 1. The summed E-state index contributed by atoms with van der Waals surface area (Å²) < 4.78 is 0. The second-order valence-electron chi connectivity index (χ2n) is 6.74. The maximum Gasteiger partial charge on any atom is 0.255 e. The second-order valence-corrected chi connectivity index (χ2v) is 6.74. The van der Waals surface area contributed by atoms with Crippen molar-refractivity contribution < 1.29 is 4.79 Å². The van der Waals surface area contributed by atoms with Crippen molar-refractivity contribution in [1.29, 1.82) is 0 Å². The van der Waals surface area contributed by atoms with Gasteiger partial charge in [0.05, 0.1) is 5.56 Å². The van der Waals surface area contributed by atoms with Gasteiger partial charge < -0.3 is 10.6 Å². The number of nitrogens with two attached hydrogens (primary N) is 1. The molecule has 0 radical (unpaired) electrons. The Hall–Kier alpha value is -2.03. The summed E-state index contributed by atoms with van der Waals surface area (Å²) in [5, 5.41) is 2.14. The number of likely N-dealkylation sites (tertiary alicyclic amines) is 1. The molecule has 1 heterocycles. The molecule has 1 aliphatic heterocycles. The molecule has 2 aromatic rings. The molecule has 1 saturated heterocycles. The predicted octanol–water partition coefficient (Wildman–Crippen LogP) is 3.68. The zero-order valence-corrected chi connectivity index (χ0v) is 12.7. The van der Waals surface area contributed by atoms with Gasteiger partial charge in [-0.2, -0.15) is 0 Å². The van der Waals surface area contributed by atoms with Crippen molar-refractivity contribution in [3.05, 3.63) is 42.0 Å². The van der Waals surface area contributed by atoms with Gasteiger partial charge in [0.25, 0.3) is 5.91 Å². The third-order valence-corrected chi connectivity index (χ3v) is 4.55. The number of hydrogen-bond acceptors (Lipinski definition) is 2. The number of nitrogen functional groups attached to an aromatic ring is 1. The Morgan fingerprint density at radius 3 is 2.29 bits per heavy atom. The van der Waals surface area contributed by atoms with Gasteiger partial charge in [-0.15, -0.1) is 0 Å². The van der Waals surface area contributed by atoms with E-state index >= 15 is 0 Å². The fourth-order valence-electron chi connectivity index (χ4n) is 2.93. The Morgan fingerprint density at radius 2 is 1.67 bits per heavy atom. The molecular weight excluding hydrogens is 260 g/mol. The summed E-state index contributed by atoms with van der Waals surface area (Å²) in [6.45, 7) is 6.16. The molecule has 1 aliphatic rings. The van der Waals surface area contributed by atoms with Crippen LogP contribution in [0.5, 0.6) is 0 Å². The molecule has 0 unspecified atom stereocenters. The molecule has 2 N–H and O–H groups in total. The van der Waals surface area contributed by atoms with E-state index in [1.165, 1.54) is 0 Å². The van der Waals surface area contributed by atoms with Gasteiger partial charge in [-0.05, 0) is 41.2 Å². The fourth-order valence-corrected chi connectivity index (χ4v) is 2.93. The molecule has 21 heavy (non-hydrogen) atoms. The molecule has 0 spiro atoms. The monoisotopic (exact) mass is 282 g/mol. The van der Waals surface area contributed by atoms with E-state index in [0.29, 0.717) is 16.7 Å². The van der Waals surface area contributed by atoms with Gasteiger partial charge in [-0.1, -0.05) is 38.1 Å². The molecule has 2 aromatic carbocycles. The van der Waals surface area contributed by atoms with Gasteiger partial charge in [0.15, 0.2) is 0 Å². The van der Waals surface area contributed by atoms with Gasteiger partial charge in [0.2, 0.25) is 0 Å². The minimum Gasteiger partial charge on any atom is -0.398 e. The van der Waals surface area contributed by atoms with Crippen LogP contribution in [0.1, 0.15) is 37.0 Å². The number of amides is 1. The van der Waals surface area contributed by atoms with Gasteiger partial charge >= 0.3 is 0 Å². The lowest BCUT2D eigenvalue weighted by atomic mass is 9.82. The van der Waals surface area contributed by atoms with E-state index in [1.54, 1.807) is 0 Å². The Kier molecular flexibility index (Phi) is 3.36. The van der Waals surface area contributed by atoms with Gasteiger partial charge in [-0.3, -0.25) is 4.79 Å². The number of carbonyl (C=O) groups is 1. The summed E-state index contributed by atoms with van der Waals surface area (Å²) >= 11 is 0. The van der Waals surface area contributed by atoms with Crippen molar-refractivity contribution in [2.24, 2.45) is 5.41 Å². The van der Waals surface area contributed by atoms with Crippen molar-refractivity contribution in [2.75, 3.05) is 18.8 Å². The Labute approximate surface area is 125 Å². The van der Waals surface area contributed by atoms with E-state index in [4.69, 9.17) is 5.73 Å². The Morgan fingerprint density at radius 1 is 1.10 bits per heavy atom. The Bertz CT molecular complexity index is 681. The second kappa shape index (κ2) is 5.06. The van der Waals surface area contributed by atoms with Crippen LogP contribution in [-0.2, 0) is 0 Å².